The zero-order chi connectivity index (χ0) is 17.2. The van der Waals surface area contributed by atoms with Crippen LogP contribution in [0.15, 0.2) is 60.7 Å². The van der Waals surface area contributed by atoms with Crippen LogP contribution in [0.4, 0.5) is 9.59 Å². The molecule has 0 spiro atoms. The maximum atomic E-state index is 11.3. The van der Waals surface area contributed by atoms with Crippen LogP contribution in [0.1, 0.15) is 0 Å². The van der Waals surface area contributed by atoms with E-state index in [2.05, 4.69) is 9.47 Å². The van der Waals surface area contributed by atoms with Gasteiger partial charge in [-0.25, -0.2) is 9.59 Å². The van der Waals surface area contributed by atoms with Crippen LogP contribution in [-0.4, -0.2) is 36.7 Å². The zero-order valence-electron chi connectivity index (χ0n) is 12.7. The molecule has 1 saturated heterocycles. The van der Waals surface area contributed by atoms with Gasteiger partial charge in [-0.15, -0.1) is 0 Å². The molecule has 2 aromatic carbocycles. The van der Waals surface area contributed by atoms with Gasteiger partial charge in [0.25, 0.3) is 0 Å². The summed E-state index contributed by atoms with van der Waals surface area (Å²) in [7, 11) is 0. The molecule has 24 heavy (non-hydrogen) atoms. The molecule has 0 aliphatic carbocycles. The molecule has 0 bridgehead atoms. The van der Waals surface area contributed by atoms with Crippen molar-refractivity contribution in [3.63, 3.8) is 0 Å². The van der Waals surface area contributed by atoms with Crippen molar-refractivity contribution >= 4 is 12.3 Å². The first-order valence-corrected chi connectivity index (χ1v) is 7.11. The average Bonchev–Trinajstić information content (AvgIpc) is 3.03. The molecule has 0 saturated carbocycles. The predicted octanol–water partition coefficient (Wildman–Crippen LogP) is 2.78. The smallest absolute Gasteiger partial charge is 0.430 e. The Morgan fingerprint density at radius 2 is 1.50 bits per heavy atom. The second kappa shape index (κ2) is 9.16. The molecule has 1 heterocycles. The lowest BCUT2D eigenvalue weighted by Gasteiger charge is -2.04. The van der Waals surface area contributed by atoms with Crippen molar-refractivity contribution < 1.29 is 33.6 Å². The number of carbonyl (C=O) groups is 2. The molecule has 2 aromatic rings. The lowest BCUT2D eigenvalue weighted by molar-refractivity contribution is 0.0919. The number of ether oxygens (including phenoxy) is 4. The van der Waals surface area contributed by atoms with Crippen LogP contribution < -0.4 is 9.47 Å². The van der Waals surface area contributed by atoms with Crippen LogP contribution in [0.3, 0.4) is 0 Å². The fraction of sp³-hybridized carbons (Fsp3) is 0.176. The molecule has 1 N–H and O–H groups in total. The molecule has 1 aliphatic rings. The van der Waals surface area contributed by atoms with Crippen LogP contribution in [0.25, 0.3) is 0 Å². The van der Waals surface area contributed by atoms with E-state index < -0.39 is 18.4 Å². The minimum Gasteiger partial charge on any atom is -0.430 e. The Labute approximate surface area is 138 Å². The third kappa shape index (κ3) is 5.98. The van der Waals surface area contributed by atoms with E-state index in [0.717, 1.165) is 0 Å². The van der Waals surface area contributed by atoms with E-state index in [0.29, 0.717) is 11.5 Å². The summed E-state index contributed by atoms with van der Waals surface area (Å²) < 4.78 is 18.6. The van der Waals surface area contributed by atoms with Crippen molar-refractivity contribution in [2.75, 3.05) is 13.2 Å². The van der Waals surface area contributed by atoms with Crippen molar-refractivity contribution in [2.24, 2.45) is 0 Å². The first kappa shape index (κ1) is 17.3. The van der Waals surface area contributed by atoms with Crippen molar-refractivity contribution in [3.05, 3.63) is 60.7 Å². The molecule has 1 unspecified atom stereocenters. The Morgan fingerprint density at radius 3 is 1.83 bits per heavy atom. The van der Waals surface area contributed by atoms with Crippen LogP contribution in [-0.2, 0) is 9.47 Å². The number of aliphatic hydroxyl groups excluding tert-OH is 1. The molecule has 1 fully saturated rings. The van der Waals surface area contributed by atoms with Gasteiger partial charge in [0, 0.05) is 0 Å². The summed E-state index contributed by atoms with van der Waals surface area (Å²) in [4.78, 5) is 21.4. The van der Waals surface area contributed by atoms with Gasteiger partial charge in [-0.3, -0.25) is 0 Å². The van der Waals surface area contributed by atoms with Gasteiger partial charge in [0.1, 0.15) is 18.1 Å². The average molecular weight is 332 g/mol. The number of rotatable bonds is 3. The quantitative estimate of drug-likeness (QED) is 0.682. The minimum atomic E-state index is -0.739. The topological polar surface area (TPSA) is 91.3 Å². The van der Waals surface area contributed by atoms with Gasteiger partial charge in [-0.2, -0.15) is 0 Å². The highest BCUT2D eigenvalue weighted by molar-refractivity contribution is 5.66. The van der Waals surface area contributed by atoms with E-state index in [4.69, 9.17) is 14.6 Å². The monoisotopic (exact) mass is 332 g/mol. The van der Waals surface area contributed by atoms with E-state index in [-0.39, 0.29) is 13.2 Å². The number of hydrogen-bond donors (Lipinski definition) is 1. The Hall–Kier alpha value is -3.06. The fourth-order valence-corrected chi connectivity index (χ4v) is 1.65. The van der Waals surface area contributed by atoms with Crippen LogP contribution in [0.5, 0.6) is 11.5 Å². The molecule has 0 radical (unpaired) electrons. The van der Waals surface area contributed by atoms with Gasteiger partial charge in [0.05, 0.1) is 6.61 Å². The highest BCUT2D eigenvalue weighted by Crippen LogP contribution is 2.12. The molecule has 3 rings (SSSR count). The third-order valence-corrected chi connectivity index (χ3v) is 2.74. The largest absolute Gasteiger partial charge is 0.519 e. The maximum absolute atomic E-state index is 11.3. The van der Waals surface area contributed by atoms with Crippen LogP contribution in [0.2, 0.25) is 0 Å². The number of aliphatic hydroxyl groups is 1. The number of benzene rings is 2. The summed E-state index contributed by atoms with van der Waals surface area (Å²) in [5.41, 5.74) is 0. The van der Waals surface area contributed by atoms with Crippen molar-refractivity contribution in [1.82, 2.24) is 0 Å². The van der Waals surface area contributed by atoms with Gasteiger partial charge in [-0.1, -0.05) is 36.4 Å². The van der Waals surface area contributed by atoms with Gasteiger partial charge in [-0.05, 0) is 24.3 Å². The molecule has 7 nitrogen and oxygen atoms in total. The molecular formula is C17H16O7. The summed E-state index contributed by atoms with van der Waals surface area (Å²) in [5.74, 6) is 0.923. The lowest BCUT2D eigenvalue weighted by Crippen LogP contribution is -2.14. The second-order valence-electron chi connectivity index (χ2n) is 4.56. The predicted molar refractivity (Wildman–Crippen MR) is 82.8 cm³/mol. The zero-order valence-corrected chi connectivity index (χ0v) is 12.7. The molecule has 0 aromatic heterocycles. The standard InChI is InChI=1S/C13H10O3.C4H6O4/c14-13(15-11-7-3-1-4-8-11)16-12-9-5-2-6-10-12;5-1-3-2-7-4(6)8-3/h1-10H;3,5H,1-2H2. The summed E-state index contributed by atoms with van der Waals surface area (Å²) in [5, 5.41) is 8.33. The summed E-state index contributed by atoms with van der Waals surface area (Å²) in [6.45, 7) is 0.0150. The first-order valence-electron chi connectivity index (χ1n) is 7.11. The Balaban J connectivity index is 0.000000219. The highest BCUT2D eigenvalue weighted by Gasteiger charge is 2.23. The first-order chi connectivity index (χ1) is 11.7. The minimum absolute atomic E-state index is 0.161. The third-order valence-electron chi connectivity index (χ3n) is 2.74. The van der Waals surface area contributed by atoms with E-state index in [1.807, 2.05) is 12.1 Å². The molecule has 126 valence electrons. The number of para-hydroxylation sites is 2. The van der Waals surface area contributed by atoms with Crippen LogP contribution >= 0.6 is 0 Å². The molecule has 7 heteroatoms. The Bertz CT molecular complexity index is 599. The Kier molecular flexibility index (Phi) is 6.60. The summed E-state index contributed by atoms with van der Waals surface area (Å²) >= 11 is 0. The SMILES string of the molecule is O=C(Oc1ccccc1)Oc1ccccc1.O=C1OCC(CO)O1. The number of carbonyl (C=O) groups excluding carboxylic acids is 2. The summed E-state index contributed by atoms with van der Waals surface area (Å²) in [6, 6.07) is 17.6. The van der Waals surface area contributed by atoms with E-state index in [9.17, 15) is 9.59 Å². The van der Waals surface area contributed by atoms with Gasteiger partial charge < -0.3 is 24.1 Å². The van der Waals surface area contributed by atoms with E-state index in [1.165, 1.54) is 0 Å². The lowest BCUT2D eigenvalue weighted by atomic mass is 10.3. The van der Waals surface area contributed by atoms with Crippen LogP contribution in [0, 0.1) is 0 Å². The molecule has 1 atom stereocenters. The van der Waals surface area contributed by atoms with E-state index >= 15 is 0 Å². The Morgan fingerprint density at radius 1 is 1.00 bits per heavy atom. The fourth-order valence-electron chi connectivity index (χ4n) is 1.65. The second-order valence-corrected chi connectivity index (χ2v) is 4.56. The normalized spacial score (nSPS) is 15.4. The number of hydrogen-bond acceptors (Lipinski definition) is 7. The summed E-state index contributed by atoms with van der Waals surface area (Å²) in [6.07, 6.45) is -1.87. The maximum Gasteiger partial charge on any atom is 0.519 e. The van der Waals surface area contributed by atoms with E-state index in [1.54, 1.807) is 48.5 Å². The molecule has 0 amide bonds. The van der Waals surface area contributed by atoms with Gasteiger partial charge in [0.2, 0.25) is 0 Å². The van der Waals surface area contributed by atoms with Gasteiger partial charge in [0.15, 0.2) is 6.10 Å². The van der Waals surface area contributed by atoms with Crippen molar-refractivity contribution in [2.45, 2.75) is 6.10 Å². The number of cyclic esters (lactones) is 2. The molecule has 1 aliphatic heterocycles. The highest BCUT2D eigenvalue weighted by atomic mass is 16.8. The molecular weight excluding hydrogens is 316 g/mol. The van der Waals surface area contributed by atoms with Gasteiger partial charge >= 0.3 is 12.3 Å². The van der Waals surface area contributed by atoms with Crippen molar-refractivity contribution in [1.29, 1.82) is 0 Å². The van der Waals surface area contributed by atoms with Crippen molar-refractivity contribution in [3.8, 4) is 11.5 Å².